The van der Waals surface area contributed by atoms with Crippen LogP contribution in [0.4, 0.5) is 0 Å². The molecule has 0 atom stereocenters. The molecule has 0 saturated carbocycles. The normalized spacial score (nSPS) is 11.3. The molecule has 0 aliphatic rings. The summed E-state index contributed by atoms with van der Waals surface area (Å²) in [5.41, 5.74) is 0.587. The summed E-state index contributed by atoms with van der Waals surface area (Å²) in [6.07, 6.45) is 1.45. The Morgan fingerprint density at radius 2 is 2.20 bits per heavy atom. The van der Waals surface area contributed by atoms with Gasteiger partial charge in [-0.2, -0.15) is 0 Å². The van der Waals surface area contributed by atoms with E-state index in [1.807, 2.05) is 0 Å². The predicted octanol–water partition coefficient (Wildman–Crippen LogP) is 1.16. The van der Waals surface area contributed by atoms with E-state index in [9.17, 15) is 13.5 Å². The van der Waals surface area contributed by atoms with Gasteiger partial charge in [0, 0.05) is 12.6 Å². The maximum absolute atomic E-state index is 11.7. The van der Waals surface area contributed by atoms with Crippen LogP contribution in [0.15, 0.2) is 35.7 Å². The van der Waals surface area contributed by atoms with Gasteiger partial charge in [-0.3, -0.25) is 0 Å². The van der Waals surface area contributed by atoms with Crippen LogP contribution in [0.2, 0.25) is 0 Å². The van der Waals surface area contributed by atoms with Crippen molar-refractivity contribution in [2.45, 2.75) is 11.8 Å². The molecule has 0 unspecified atom stereocenters. The number of rotatable bonds is 4. The van der Waals surface area contributed by atoms with E-state index in [0.29, 0.717) is 5.56 Å². The third kappa shape index (κ3) is 2.81. The van der Waals surface area contributed by atoms with Gasteiger partial charge in [0.15, 0.2) is 0 Å². The van der Waals surface area contributed by atoms with Crippen LogP contribution < -0.4 is 4.72 Å². The number of sulfonamides is 1. The zero-order valence-electron chi connectivity index (χ0n) is 8.40. The second kappa shape index (κ2) is 4.46. The zero-order valence-corrected chi connectivity index (χ0v) is 9.21. The fourth-order valence-corrected chi connectivity index (χ4v) is 2.39. The molecule has 5 heteroatoms. The number of aryl methyl sites for hydroxylation is 1. The van der Waals surface area contributed by atoms with Crippen molar-refractivity contribution < 1.29 is 13.5 Å². The van der Waals surface area contributed by atoms with E-state index in [0.717, 1.165) is 0 Å². The van der Waals surface area contributed by atoms with Gasteiger partial charge in [0.05, 0.1) is 4.90 Å². The SMILES string of the molecule is C=CCNS(=O)(=O)c1cc(O)ccc1C. The van der Waals surface area contributed by atoms with Crippen LogP contribution in [0.5, 0.6) is 5.75 Å². The van der Waals surface area contributed by atoms with Gasteiger partial charge in [-0.15, -0.1) is 6.58 Å². The quantitative estimate of drug-likeness (QED) is 0.759. The van der Waals surface area contributed by atoms with Gasteiger partial charge < -0.3 is 5.11 Å². The highest BCUT2D eigenvalue weighted by atomic mass is 32.2. The maximum atomic E-state index is 11.7. The van der Waals surface area contributed by atoms with Crippen LogP contribution in [0.25, 0.3) is 0 Å². The van der Waals surface area contributed by atoms with Crippen molar-refractivity contribution in [2.24, 2.45) is 0 Å². The second-order valence-electron chi connectivity index (χ2n) is 3.09. The minimum Gasteiger partial charge on any atom is -0.508 e. The lowest BCUT2D eigenvalue weighted by Crippen LogP contribution is -2.24. The van der Waals surface area contributed by atoms with Gasteiger partial charge in [0.1, 0.15) is 5.75 Å². The fourth-order valence-electron chi connectivity index (χ4n) is 1.12. The number of hydrogen-bond donors (Lipinski definition) is 2. The highest BCUT2D eigenvalue weighted by molar-refractivity contribution is 7.89. The predicted molar refractivity (Wildman–Crippen MR) is 58.2 cm³/mol. The Morgan fingerprint density at radius 3 is 2.80 bits per heavy atom. The van der Waals surface area contributed by atoms with Crippen LogP contribution in [0.1, 0.15) is 5.56 Å². The largest absolute Gasteiger partial charge is 0.508 e. The molecule has 4 nitrogen and oxygen atoms in total. The first-order valence-corrected chi connectivity index (χ1v) is 5.86. The van der Waals surface area contributed by atoms with Crippen molar-refractivity contribution in [3.05, 3.63) is 36.4 Å². The van der Waals surface area contributed by atoms with E-state index in [-0.39, 0.29) is 17.2 Å². The minimum absolute atomic E-state index is 0.0698. The van der Waals surface area contributed by atoms with E-state index in [2.05, 4.69) is 11.3 Å². The average molecular weight is 227 g/mol. The van der Waals surface area contributed by atoms with Gasteiger partial charge in [-0.05, 0) is 18.6 Å². The summed E-state index contributed by atoms with van der Waals surface area (Å²) in [5.74, 6) is -0.0698. The monoisotopic (exact) mass is 227 g/mol. The molecule has 0 aliphatic heterocycles. The van der Waals surface area contributed by atoms with Crippen molar-refractivity contribution in [2.75, 3.05) is 6.54 Å². The molecular formula is C10H13NO3S. The molecule has 82 valence electrons. The number of phenolic OH excluding ortho intramolecular Hbond substituents is 1. The Hall–Kier alpha value is -1.33. The third-order valence-electron chi connectivity index (χ3n) is 1.88. The van der Waals surface area contributed by atoms with Gasteiger partial charge >= 0.3 is 0 Å². The van der Waals surface area contributed by atoms with E-state index >= 15 is 0 Å². The lowest BCUT2D eigenvalue weighted by Gasteiger charge is -2.07. The standard InChI is InChI=1S/C10H13NO3S/c1-3-6-11-15(13,14)10-7-9(12)5-4-8(10)2/h3-5,7,11-12H,1,6H2,2H3. The van der Waals surface area contributed by atoms with Gasteiger partial charge in [0.25, 0.3) is 0 Å². The molecule has 1 aromatic rings. The van der Waals surface area contributed by atoms with Crippen molar-refractivity contribution in [1.82, 2.24) is 4.72 Å². The molecular weight excluding hydrogens is 214 g/mol. The van der Waals surface area contributed by atoms with Crippen LogP contribution >= 0.6 is 0 Å². The van der Waals surface area contributed by atoms with Crippen LogP contribution in [-0.4, -0.2) is 20.1 Å². The summed E-state index contributed by atoms with van der Waals surface area (Å²) in [4.78, 5) is 0.0874. The summed E-state index contributed by atoms with van der Waals surface area (Å²) >= 11 is 0. The molecule has 0 radical (unpaired) electrons. The number of phenols is 1. The molecule has 15 heavy (non-hydrogen) atoms. The average Bonchev–Trinajstić information content (AvgIpc) is 2.18. The molecule has 0 saturated heterocycles. The van der Waals surface area contributed by atoms with Gasteiger partial charge in [-0.1, -0.05) is 12.1 Å². The van der Waals surface area contributed by atoms with Crippen LogP contribution in [-0.2, 0) is 10.0 Å². The molecule has 0 bridgehead atoms. The van der Waals surface area contributed by atoms with Crippen LogP contribution in [0.3, 0.4) is 0 Å². The third-order valence-corrected chi connectivity index (χ3v) is 3.44. The Bertz CT molecular complexity index is 466. The minimum atomic E-state index is -3.56. The molecule has 0 aromatic heterocycles. The first-order chi connectivity index (χ1) is 6.97. The Labute approximate surface area is 89.3 Å². The fraction of sp³-hybridized carbons (Fsp3) is 0.200. The second-order valence-corrected chi connectivity index (χ2v) is 4.83. The summed E-state index contributed by atoms with van der Waals surface area (Å²) < 4.78 is 25.7. The summed E-state index contributed by atoms with van der Waals surface area (Å²) in [6.45, 7) is 5.25. The molecule has 0 amide bonds. The number of nitrogens with one attached hydrogen (secondary N) is 1. The summed E-state index contributed by atoms with van der Waals surface area (Å²) in [5, 5.41) is 9.21. The topological polar surface area (TPSA) is 66.4 Å². The molecule has 1 rings (SSSR count). The van der Waals surface area contributed by atoms with Crippen LogP contribution in [0, 0.1) is 6.92 Å². The molecule has 0 fully saturated rings. The first kappa shape index (κ1) is 11.7. The van der Waals surface area contributed by atoms with E-state index < -0.39 is 10.0 Å². The first-order valence-electron chi connectivity index (χ1n) is 4.37. The molecule has 1 aromatic carbocycles. The maximum Gasteiger partial charge on any atom is 0.241 e. The highest BCUT2D eigenvalue weighted by Crippen LogP contribution is 2.20. The number of aromatic hydroxyl groups is 1. The lowest BCUT2D eigenvalue weighted by molar-refractivity contribution is 0.472. The van der Waals surface area contributed by atoms with E-state index in [1.165, 1.54) is 18.2 Å². The Balaban J connectivity index is 3.14. The molecule has 0 heterocycles. The molecule has 2 N–H and O–H groups in total. The van der Waals surface area contributed by atoms with Crippen molar-refractivity contribution in [3.8, 4) is 5.75 Å². The van der Waals surface area contributed by atoms with Gasteiger partial charge in [0.2, 0.25) is 10.0 Å². The summed E-state index contributed by atoms with van der Waals surface area (Å²) in [7, 11) is -3.56. The summed E-state index contributed by atoms with van der Waals surface area (Å²) in [6, 6.07) is 4.22. The highest BCUT2D eigenvalue weighted by Gasteiger charge is 2.15. The lowest BCUT2D eigenvalue weighted by atomic mass is 10.2. The number of benzene rings is 1. The van der Waals surface area contributed by atoms with Crippen molar-refractivity contribution in [3.63, 3.8) is 0 Å². The van der Waals surface area contributed by atoms with Crippen molar-refractivity contribution in [1.29, 1.82) is 0 Å². The van der Waals surface area contributed by atoms with Gasteiger partial charge in [-0.25, -0.2) is 13.1 Å². The number of hydrogen-bond acceptors (Lipinski definition) is 3. The Morgan fingerprint density at radius 1 is 1.53 bits per heavy atom. The van der Waals surface area contributed by atoms with E-state index in [1.54, 1.807) is 13.0 Å². The smallest absolute Gasteiger partial charge is 0.241 e. The zero-order chi connectivity index (χ0) is 11.5. The Kier molecular flexibility index (Phi) is 3.49. The van der Waals surface area contributed by atoms with Crippen molar-refractivity contribution >= 4 is 10.0 Å². The van der Waals surface area contributed by atoms with E-state index in [4.69, 9.17) is 0 Å². The molecule has 0 spiro atoms. The molecule has 0 aliphatic carbocycles.